The van der Waals surface area contributed by atoms with Crippen molar-refractivity contribution in [3.05, 3.63) is 106 Å². The molecule has 0 aliphatic carbocycles. The van der Waals surface area contributed by atoms with Crippen molar-refractivity contribution in [2.45, 2.75) is 12.6 Å². The van der Waals surface area contributed by atoms with Crippen molar-refractivity contribution in [1.82, 2.24) is 4.90 Å². The second kappa shape index (κ2) is 6.20. The zero-order valence-corrected chi connectivity index (χ0v) is 14.6. The number of para-hydroxylation sites is 1. The van der Waals surface area contributed by atoms with Crippen LogP contribution in [0.4, 0.5) is 4.39 Å². The molecule has 0 radical (unpaired) electrons. The molecule has 1 aliphatic heterocycles. The summed E-state index contributed by atoms with van der Waals surface area (Å²) in [6.07, 6.45) is 1.51. The van der Waals surface area contributed by atoms with Gasteiger partial charge in [-0.15, -0.1) is 0 Å². The number of nitrogens with zero attached hydrogens (tertiary/aromatic N) is 1. The molecule has 1 aliphatic rings. The highest BCUT2D eigenvalue weighted by atomic mass is 19.1. The molecule has 3 heterocycles. The molecule has 0 saturated heterocycles. The van der Waals surface area contributed by atoms with E-state index in [1.54, 1.807) is 48.5 Å². The molecule has 2 aromatic carbocycles. The summed E-state index contributed by atoms with van der Waals surface area (Å²) in [4.78, 5) is 27.8. The molecule has 5 rings (SSSR count). The summed E-state index contributed by atoms with van der Waals surface area (Å²) in [5, 5.41) is 0.385. The third kappa shape index (κ3) is 2.45. The molecule has 0 fully saturated rings. The van der Waals surface area contributed by atoms with Gasteiger partial charge < -0.3 is 13.7 Å². The number of carbonyl (C=O) groups is 1. The molecule has 0 spiro atoms. The maximum Gasteiger partial charge on any atom is 0.291 e. The zero-order valence-electron chi connectivity index (χ0n) is 14.6. The van der Waals surface area contributed by atoms with Crippen molar-refractivity contribution in [3.63, 3.8) is 0 Å². The van der Waals surface area contributed by atoms with E-state index in [1.807, 2.05) is 0 Å². The van der Waals surface area contributed by atoms with Gasteiger partial charge in [0, 0.05) is 0 Å². The van der Waals surface area contributed by atoms with Gasteiger partial charge in [0.15, 0.2) is 5.43 Å². The standard InChI is InChI=1S/C22H14FNO4/c23-14-6-3-5-13(11-14)19-18-20(25)16-8-1-2-9-17(16)28-21(18)22(26)24(19)12-15-7-4-10-27-15/h1-11,19H,12H2. The van der Waals surface area contributed by atoms with Gasteiger partial charge in [-0.2, -0.15) is 0 Å². The first-order valence-corrected chi connectivity index (χ1v) is 8.78. The molecule has 6 heteroatoms. The third-order valence-corrected chi connectivity index (χ3v) is 4.94. The normalized spacial score (nSPS) is 16.0. The molecule has 0 bridgehead atoms. The van der Waals surface area contributed by atoms with Gasteiger partial charge in [-0.25, -0.2) is 4.39 Å². The topological polar surface area (TPSA) is 63.7 Å². The molecule has 2 aromatic heterocycles. The SMILES string of the molecule is O=C1c2oc3ccccc3c(=O)c2C(c2cccc(F)c2)N1Cc1ccco1. The number of hydrogen-bond acceptors (Lipinski definition) is 4. The minimum absolute atomic E-state index is 0.00971. The molecule has 0 N–H and O–H groups in total. The maximum absolute atomic E-state index is 13.9. The van der Waals surface area contributed by atoms with Gasteiger partial charge in [-0.05, 0) is 42.0 Å². The van der Waals surface area contributed by atoms with E-state index in [0.29, 0.717) is 22.3 Å². The van der Waals surface area contributed by atoms with Crippen LogP contribution in [0.1, 0.15) is 33.5 Å². The first kappa shape index (κ1) is 16.5. The lowest BCUT2D eigenvalue weighted by atomic mass is 9.98. The lowest BCUT2D eigenvalue weighted by Crippen LogP contribution is -2.29. The predicted molar refractivity (Wildman–Crippen MR) is 99.3 cm³/mol. The average molecular weight is 375 g/mol. The highest BCUT2D eigenvalue weighted by molar-refractivity contribution is 5.99. The Morgan fingerprint density at radius 2 is 1.86 bits per heavy atom. The van der Waals surface area contributed by atoms with E-state index in [1.165, 1.54) is 23.3 Å². The largest absolute Gasteiger partial charge is 0.467 e. The van der Waals surface area contributed by atoms with Crippen LogP contribution in [0.2, 0.25) is 0 Å². The van der Waals surface area contributed by atoms with Gasteiger partial charge in [-0.3, -0.25) is 9.59 Å². The maximum atomic E-state index is 13.9. The predicted octanol–water partition coefficient (Wildman–Crippen LogP) is 4.27. The number of rotatable bonds is 3. The van der Waals surface area contributed by atoms with Gasteiger partial charge >= 0.3 is 0 Å². The Labute approximate surface area is 158 Å². The Morgan fingerprint density at radius 1 is 1.00 bits per heavy atom. The van der Waals surface area contributed by atoms with Crippen molar-refractivity contribution in [2.75, 3.05) is 0 Å². The van der Waals surface area contributed by atoms with Crippen LogP contribution < -0.4 is 5.43 Å². The zero-order chi connectivity index (χ0) is 19.3. The Balaban J connectivity index is 1.76. The summed E-state index contributed by atoms with van der Waals surface area (Å²) in [7, 11) is 0. The minimum Gasteiger partial charge on any atom is -0.467 e. The fourth-order valence-electron chi connectivity index (χ4n) is 3.72. The Hall–Kier alpha value is -3.67. The number of carbonyl (C=O) groups excluding carboxylic acids is 1. The number of benzene rings is 2. The van der Waals surface area contributed by atoms with E-state index in [0.717, 1.165) is 0 Å². The van der Waals surface area contributed by atoms with E-state index in [9.17, 15) is 14.0 Å². The van der Waals surface area contributed by atoms with E-state index < -0.39 is 17.8 Å². The van der Waals surface area contributed by atoms with Crippen LogP contribution in [0.3, 0.4) is 0 Å². The van der Waals surface area contributed by atoms with E-state index in [-0.39, 0.29) is 23.3 Å². The van der Waals surface area contributed by atoms with Gasteiger partial charge in [0.1, 0.15) is 17.2 Å². The molecule has 1 unspecified atom stereocenters. The molecule has 0 saturated carbocycles. The third-order valence-electron chi connectivity index (χ3n) is 4.94. The smallest absolute Gasteiger partial charge is 0.291 e. The number of hydrogen-bond donors (Lipinski definition) is 0. The summed E-state index contributed by atoms with van der Waals surface area (Å²) < 4.78 is 25.1. The summed E-state index contributed by atoms with van der Waals surface area (Å²) in [5.74, 6) is -0.325. The van der Waals surface area contributed by atoms with E-state index >= 15 is 0 Å². The lowest BCUT2D eigenvalue weighted by Gasteiger charge is -2.24. The van der Waals surface area contributed by atoms with Crippen LogP contribution in [0.15, 0.2) is 80.6 Å². The highest BCUT2D eigenvalue weighted by Gasteiger charge is 2.43. The molecule has 5 nitrogen and oxygen atoms in total. The Kier molecular flexibility index (Phi) is 3.65. The fraction of sp³-hybridized carbons (Fsp3) is 0.0909. The van der Waals surface area contributed by atoms with Gasteiger partial charge in [-0.1, -0.05) is 24.3 Å². The van der Waals surface area contributed by atoms with Gasteiger partial charge in [0.2, 0.25) is 5.76 Å². The molecular weight excluding hydrogens is 361 g/mol. The molecule has 1 atom stereocenters. The van der Waals surface area contributed by atoms with Crippen molar-refractivity contribution < 1.29 is 18.0 Å². The summed E-state index contributed by atoms with van der Waals surface area (Å²) >= 11 is 0. The molecule has 4 aromatic rings. The van der Waals surface area contributed by atoms with Crippen LogP contribution in [0, 0.1) is 5.82 Å². The van der Waals surface area contributed by atoms with Crippen LogP contribution in [0.25, 0.3) is 11.0 Å². The number of amides is 1. The summed E-state index contributed by atoms with van der Waals surface area (Å²) in [5.41, 5.74) is 0.779. The van der Waals surface area contributed by atoms with E-state index in [4.69, 9.17) is 8.83 Å². The van der Waals surface area contributed by atoms with Crippen LogP contribution in [-0.2, 0) is 6.54 Å². The second-order valence-electron chi connectivity index (χ2n) is 6.64. The number of halogens is 1. The number of furan rings is 1. The van der Waals surface area contributed by atoms with E-state index in [2.05, 4.69) is 0 Å². The number of fused-ring (bicyclic) bond motifs is 2. The van der Waals surface area contributed by atoms with Crippen LogP contribution in [-0.4, -0.2) is 10.8 Å². The first-order chi connectivity index (χ1) is 13.6. The summed E-state index contributed by atoms with van der Waals surface area (Å²) in [6.45, 7) is 0.132. The van der Waals surface area contributed by atoms with Crippen LogP contribution >= 0.6 is 0 Å². The van der Waals surface area contributed by atoms with Crippen molar-refractivity contribution in [3.8, 4) is 0 Å². The second-order valence-corrected chi connectivity index (χ2v) is 6.64. The molecule has 1 amide bonds. The molecule has 28 heavy (non-hydrogen) atoms. The Morgan fingerprint density at radius 3 is 2.64 bits per heavy atom. The van der Waals surface area contributed by atoms with Crippen molar-refractivity contribution >= 4 is 16.9 Å². The molecule has 138 valence electrons. The lowest BCUT2D eigenvalue weighted by molar-refractivity contribution is 0.0701. The van der Waals surface area contributed by atoms with Gasteiger partial charge in [0.25, 0.3) is 5.91 Å². The average Bonchev–Trinajstić information content (AvgIpc) is 3.30. The Bertz CT molecular complexity index is 1260. The summed E-state index contributed by atoms with van der Waals surface area (Å²) in [6, 6.07) is 15.4. The fourth-order valence-corrected chi connectivity index (χ4v) is 3.72. The van der Waals surface area contributed by atoms with Gasteiger partial charge in [0.05, 0.1) is 29.8 Å². The highest BCUT2D eigenvalue weighted by Crippen LogP contribution is 2.39. The minimum atomic E-state index is -0.760. The van der Waals surface area contributed by atoms with Crippen LogP contribution in [0.5, 0.6) is 0 Å². The quantitative estimate of drug-likeness (QED) is 0.536. The molecular formula is C22H14FNO4. The van der Waals surface area contributed by atoms with Crippen molar-refractivity contribution in [2.24, 2.45) is 0 Å². The first-order valence-electron chi connectivity index (χ1n) is 8.78. The monoisotopic (exact) mass is 375 g/mol. The van der Waals surface area contributed by atoms with Crippen molar-refractivity contribution in [1.29, 1.82) is 0 Å².